The molecule has 2 rings (SSSR count). The molecular weight excluding hydrogens is 352 g/mol. The monoisotopic (exact) mass is 366 g/mol. The molecule has 0 fully saturated rings. The molecule has 2 aliphatic rings. The van der Waals surface area contributed by atoms with Crippen LogP contribution in [0.2, 0.25) is 0 Å². The van der Waals surface area contributed by atoms with Gasteiger partial charge in [0.15, 0.2) is 5.78 Å². The van der Waals surface area contributed by atoms with Gasteiger partial charge in [0.1, 0.15) is 28.4 Å². The van der Waals surface area contributed by atoms with E-state index in [-0.39, 0.29) is 5.57 Å². The Hall–Kier alpha value is -3.43. The van der Waals surface area contributed by atoms with E-state index in [1.54, 1.807) is 0 Å². The molecule has 0 aromatic rings. The Morgan fingerprint density at radius 2 is 1.23 bits per heavy atom. The van der Waals surface area contributed by atoms with E-state index in [9.17, 15) is 29.1 Å². The van der Waals surface area contributed by atoms with Crippen molar-refractivity contribution in [3.05, 3.63) is 33.6 Å². The van der Waals surface area contributed by atoms with E-state index < -0.39 is 63.6 Å². The van der Waals surface area contributed by atoms with E-state index in [0.29, 0.717) is 0 Å². The van der Waals surface area contributed by atoms with E-state index in [0.717, 1.165) is 28.4 Å². The van der Waals surface area contributed by atoms with Gasteiger partial charge in [-0.1, -0.05) is 0 Å². The first-order chi connectivity index (χ1) is 12.3. The SMILES string of the molecule is COC(=O)C1=C(O)C(C(=O)OC)=C2C1=C(C(=O)OC)C(=O)[C@@H]2C(=O)OC. The van der Waals surface area contributed by atoms with Crippen LogP contribution in [0.25, 0.3) is 0 Å². The molecule has 26 heavy (non-hydrogen) atoms. The minimum absolute atomic E-state index is 0.369. The molecule has 138 valence electrons. The van der Waals surface area contributed by atoms with E-state index in [1.807, 2.05) is 0 Å². The van der Waals surface area contributed by atoms with Crippen LogP contribution in [0.3, 0.4) is 0 Å². The Balaban J connectivity index is 2.93. The van der Waals surface area contributed by atoms with Crippen molar-refractivity contribution in [2.75, 3.05) is 28.4 Å². The van der Waals surface area contributed by atoms with Crippen LogP contribution in [0.1, 0.15) is 0 Å². The first kappa shape index (κ1) is 18.9. The largest absolute Gasteiger partial charge is 0.506 e. The number of hydrogen-bond donors (Lipinski definition) is 1. The number of ketones is 1. The highest BCUT2D eigenvalue weighted by atomic mass is 16.5. The van der Waals surface area contributed by atoms with Crippen LogP contribution in [-0.2, 0) is 42.9 Å². The van der Waals surface area contributed by atoms with Crippen molar-refractivity contribution in [1.29, 1.82) is 0 Å². The number of carbonyl (C=O) groups excluding carboxylic acids is 5. The van der Waals surface area contributed by atoms with Gasteiger partial charge in [0.05, 0.1) is 28.4 Å². The summed E-state index contributed by atoms with van der Waals surface area (Å²) < 4.78 is 18.2. The minimum atomic E-state index is -1.75. The second kappa shape index (κ2) is 6.82. The molecule has 0 aliphatic heterocycles. The van der Waals surface area contributed by atoms with Crippen LogP contribution >= 0.6 is 0 Å². The summed E-state index contributed by atoms with van der Waals surface area (Å²) in [5.74, 6) is -8.17. The number of Topliss-reactive ketones (excluding diaryl/α,β-unsaturated/α-hetero) is 1. The maximum Gasteiger partial charge on any atom is 0.342 e. The molecule has 1 atom stereocenters. The number of ether oxygens (including phenoxy) is 4. The Labute approximate surface area is 146 Å². The van der Waals surface area contributed by atoms with Crippen molar-refractivity contribution in [2.24, 2.45) is 5.92 Å². The summed E-state index contributed by atoms with van der Waals surface area (Å²) in [6.07, 6.45) is 0. The van der Waals surface area contributed by atoms with Gasteiger partial charge in [0.25, 0.3) is 0 Å². The molecule has 1 N–H and O–H groups in total. The number of hydrogen-bond acceptors (Lipinski definition) is 10. The fourth-order valence-corrected chi connectivity index (χ4v) is 2.83. The fraction of sp³-hybridized carbons (Fsp3) is 0.312. The normalized spacial score (nSPS) is 18.8. The summed E-state index contributed by atoms with van der Waals surface area (Å²) in [6, 6.07) is 0. The van der Waals surface area contributed by atoms with Crippen molar-refractivity contribution >= 4 is 29.7 Å². The summed E-state index contributed by atoms with van der Waals surface area (Å²) in [5, 5.41) is 10.4. The molecule has 0 saturated heterocycles. The first-order valence-electron chi connectivity index (χ1n) is 7.06. The average Bonchev–Trinajstić information content (AvgIpc) is 3.08. The van der Waals surface area contributed by atoms with Gasteiger partial charge >= 0.3 is 23.9 Å². The number of esters is 4. The van der Waals surface area contributed by atoms with Gasteiger partial charge in [-0.3, -0.25) is 9.59 Å². The average molecular weight is 366 g/mol. The van der Waals surface area contributed by atoms with Crippen LogP contribution < -0.4 is 0 Å². The van der Waals surface area contributed by atoms with Crippen molar-refractivity contribution in [1.82, 2.24) is 0 Å². The van der Waals surface area contributed by atoms with Crippen molar-refractivity contribution in [2.45, 2.75) is 0 Å². The number of methoxy groups -OCH3 is 4. The maximum absolute atomic E-state index is 12.6. The molecule has 0 aromatic heterocycles. The maximum atomic E-state index is 12.6. The molecular formula is C16H14O10. The van der Waals surface area contributed by atoms with Gasteiger partial charge in [0, 0.05) is 11.1 Å². The Morgan fingerprint density at radius 3 is 1.69 bits per heavy atom. The van der Waals surface area contributed by atoms with Gasteiger partial charge in [-0.05, 0) is 0 Å². The van der Waals surface area contributed by atoms with Crippen molar-refractivity contribution in [3.8, 4) is 0 Å². The zero-order chi connectivity index (χ0) is 19.8. The summed E-state index contributed by atoms with van der Waals surface area (Å²) >= 11 is 0. The van der Waals surface area contributed by atoms with Crippen LogP contribution in [0.15, 0.2) is 33.6 Å². The fourth-order valence-electron chi connectivity index (χ4n) is 2.83. The molecule has 0 heterocycles. The van der Waals surface area contributed by atoms with E-state index >= 15 is 0 Å². The van der Waals surface area contributed by atoms with Crippen LogP contribution in [0, 0.1) is 5.92 Å². The third-order valence-electron chi connectivity index (χ3n) is 3.91. The summed E-state index contributed by atoms with van der Waals surface area (Å²) in [5.41, 5.74) is -2.69. The van der Waals surface area contributed by atoms with Crippen molar-refractivity contribution in [3.63, 3.8) is 0 Å². The number of rotatable bonds is 4. The van der Waals surface area contributed by atoms with E-state index in [2.05, 4.69) is 18.9 Å². The highest BCUT2D eigenvalue weighted by molar-refractivity contribution is 6.31. The zero-order valence-electron chi connectivity index (χ0n) is 14.2. The Bertz CT molecular complexity index is 839. The quantitative estimate of drug-likeness (QED) is 0.293. The van der Waals surface area contributed by atoms with E-state index in [1.165, 1.54) is 0 Å². The molecule has 10 heteroatoms. The molecule has 10 nitrogen and oxygen atoms in total. The van der Waals surface area contributed by atoms with Gasteiger partial charge in [0.2, 0.25) is 0 Å². The highest BCUT2D eigenvalue weighted by Crippen LogP contribution is 2.48. The number of aliphatic hydroxyl groups is 1. The third kappa shape index (κ3) is 2.46. The predicted octanol–water partition coefficient (Wildman–Crippen LogP) is -0.704. The lowest BCUT2D eigenvalue weighted by Gasteiger charge is -2.11. The summed E-state index contributed by atoms with van der Waals surface area (Å²) in [4.78, 5) is 61.0. The van der Waals surface area contributed by atoms with Gasteiger partial charge in [-0.2, -0.15) is 0 Å². The lowest BCUT2D eigenvalue weighted by Crippen LogP contribution is -2.27. The molecule has 0 radical (unpaired) electrons. The molecule has 2 aliphatic carbocycles. The second-order valence-electron chi connectivity index (χ2n) is 5.06. The molecule has 0 bridgehead atoms. The van der Waals surface area contributed by atoms with Gasteiger partial charge < -0.3 is 24.1 Å². The third-order valence-corrected chi connectivity index (χ3v) is 3.91. The van der Waals surface area contributed by atoms with Gasteiger partial charge in [-0.15, -0.1) is 0 Å². The predicted molar refractivity (Wildman–Crippen MR) is 80.3 cm³/mol. The first-order valence-corrected chi connectivity index (χ1v) is 7.06. The number of fused-ring (bicyclic) bond motifs is 1. The zero-order valence-corrected chi connectivity index (χ0v) is 14.2. The number of aliphatic hydroxyl groups excluding tert-OH is 1. The smallest absolute Gasteiger partial charge is 0.342 e. The van der Waals surface area contributed by atoms with Crippen LogP contribution in [0.4, 0.5) is 0 Å². The van der Waals surface area contributed by atoms with E-state index in [4.69, 9.17) is 0 Å². The van der Waals surface area contributed by atoms with Gasteiger partial charge in [-0.25, -0.2) is 14.4 Å². The standard InChI is InChI=1S/C16H14O10/c1-23-13(19)7-5-6(9(11(7)17)15(21)25-3)10(16(22)26-4)12(18)8(5)14(20)24-2/h7,18H,1-4H3/t7-/m1/s1. The molecule has 0 amide bonds. The Kier molecular flexibility index (Phi) is 4.96. The second-order valence-corrected chi connectivity index (χ2v) is 5.06. The summed E-state index contributed by atoms with van der Waals surface area (Å²) in [7, 11) is 3.96. The van der Waals surface area contributed by atoms with Crippen LogP contribution in [-0.4, -0.2) is 63.2 Å². The highest BCUT2D eigenvalue weighted by Gasteiger charge is 2.54. The molecule has 0 unspecified atom stereocenters. The minimum Gasteiger partial charge on any atom is -0.506 e. The molecule has 0 spiro atoms. The van der Waals surface area contributed by atoms with Crippen LogP contribution in [0.5, 0.6) is 0 Å². The Morgan fingerprint density at radius 1 is 0.769 bits per heavy atom. The topological polar surface area (TPSA) is 142 Å². The molecule has 0 aromatic carbocycles. The lowest BCUT2D eigenvalue weighted by molar-refractivity contribution is -0.147. The van der Waals surface area contributed by atoms with Crippen molar-refractivity contribution < 1.29 is 48.0 Å². The number of carbonyl (C=O) groups is 5. The lowest BCUT2D eigenvalue weighted by atomic mass is 9.95. The molecule has 0 saturated carbocycles. The summed E-state index contributed by atoms with van der Waals surface area (Å²) in [6.45, 7) is 0.